The Hall–Kier alpha value is -1.20. The molecule has 0 fully saturated rings. The standard InChI is InChI=1S/C12H11NS/c13-9-10-6-7-12(8-10)14-11-4-2-1-3-5-11/h1-6,12H,7-8H2. The van der Waals surface area contributed by atoms with E-state index in [0.29, 0.717) is 5.25 Å². The first-order chi connectivity index (χ1) is 6.88. The third-order valence-electron chi connectivity index (χ3n) is 2.26. The second-order valence-electron chi connectivity index (χ2n) is 3.33. The van der Waals surface area contributed by atoms with Crippen LogP contribution < -0.4 is 0 Å². The molecule has 1 unspecified atom stereocenters. The zero-order chi connectivity index (χ0) is 9.80. The molecule has 0 spiro atoms. The van der Waals surface area contributed by atoms with E-state index in [1.165, 1.54) is 4.90 Å². The van der Waals surface area contributed by atoms with Gasteiger partial charge in [0.1, 0.15) is 0 Å². The van der Waals surface area contributed by atoms with Crippen LogP contribution in [0.25, 0.3) is 0 Å². The summed E-state index contributed by atoms with van der Waals surface area (Å²) in [6, 6.07) is 12.6. The molecule has 1 aliphatic carbocycles. The Kier molecular flexibility index (Phi) is 2.90. The molecular formula is C12H11NS. The minimum absolute atomic E-state index is 0.562. The monoisotopic (exact) mass is 201 g/mol. The van der Waals surface area contributed by atoms with Crippen molar-refractivity contribution in [3.05, 3.63) is 42.0 Å². The highest BCUT2D eigenvalue weighted by Crippen LogP contribution is 2.33. The third-order valence-corrected chi connectivity index (χ3v) is 3.50. The van der Waals surface area contributed by atoms with Crippen LogP contribution in [0, 0.1) is 11.3 Å². The summed E-state index contributed by atoms with van der Waals surface area (Å²) < 4.78 is 0. The van der Waals surface area contributed by atoms with Gasteiger partial charge in [-0.25, -0.2) is 0 Å². The van der Waals surface area contributed by atoms with Gasteiger partial charge in [0.2, 0.25) is 0 Å². The van der Waals surface area contributed by atoms with Gasteiger partial charge in [-0.2, -0.15) is 5.26 Å². The minimum atomic E-state index is 0.562. The molecule has 1 aliphatic rings. The largest absolute Gasteiger partial charge is 0.193 e. The normalized spacial score (nSPS) is 20.2. The van der Waals surface area contributed by atoms with Gasteiger partial charge >= 0.3 is 0 Å². The van der Waals surface area contributed by atoms with Crippen molar-refractivity contribution in [1.82, 2.24) is 0 Å². The van der Waals surface area contributed by atoms with Gasteiger partial charge in [-0.1, -0.05) is 24.3 Å². The van der Waals surface area contributed by atoms with E-state index in [1.807, 2.05) is 17.8 Å². The van der Waals surface area contributed by atoms with Gasteiger partial charge in [0.15, 0.2) is 0 Å². The lowest BCUT2D eigenvalue weighted by Crippen LogP contribution is -1.94. The Balaban J connectivity index is 1.94. The second kappa shape index (κ2) is 4.34. The van der Waals surface area contributed by atoms with Crippen molar-refractivity contribution in [3.8, 4) is 6.07 Å². The van der Waals surface area contributed by atoms with Crippen LogP contribution >= 0.6 is 11.8 Å². The molecule has 0 aromatic heterocycles. The van der Waals surface area contributed by atoms with Crippen LogP contribution in [-0.4, -0.2) is 5.25 Å². The molecule has 0 saturated carbocycles. The lowest BCUT2D eigenvalue weighted by molar-refractivity contribution is 0.939. The molecule has 1 atom stereocenters. The van der Waals surface area contributed by atoms with Crippen LogP contribution in [0.3, 0.4) is 0 Å². The average Bonchev–Trinajstić information content (AvgIpc) is 2.67. The molecule has 0 bridgehead atoms. The molecule has 0 amide bonds. The van der Waals surface area contributed by atoms with Crippen molar-refractivity contribution in [2.45, 2.75) is 23.0 Å². The lowest BCUT2D eigenvalue weighted by Gasteiger charge is -2.07. The SMILES string of the molecule is N#CC1=CCC(Sc2ccccc2)C1. The molecule has 14 heavy (non-hydrogen) atoms. The number of benzene rings is 1. The van der Waals surface area contributed by atoms with Crippen LogP contribution in [0.2, 0.25) is 0 Å². The minimum Gasteiger partial charge on any atom is -0.193 e. The molecule has 2 rings (SSSR count). The van der Waals surface area contributed by atoms with E-state index in [4.69, 9.17) is 5.26 Å². The number of nitriles is 1. The summed E-state index contributed by atoms with van der Waals surface area (Å²) in [5.41, 5.74) is 0.943. The van der Waals surface area contributed by atoms with Gasteiger partial charge in [-0.3, -0.25) is 0 Å². The highest BCUT2D eigenvalue weighted by atomic mass is 32.2. The van der Waals surface area contributed by atoms with E-state index in [0.717, 1.165) is 18.4 Å². The highest BCUT2D eigenvalue weighted by molar-refractivity contribution is 8.00. The highest BCUT2D eigenvalue weighted by Gasteiger charge is 2.17. The summed E-state index contributed by atoms with van der Waals surface area (Å²) in [5, 5.41) is 9.28. The van der Waals surface area contributed by atoms with Crippen molar-refractivity contribution in [2.24, 2.45) is 0 Å². The number of hydrogen-bond donors (Lipinski definition) is 0. The van der Waals surface area contributed by atoms with E-state index in [2.05, 4.69) is 36.4 Å². The van der Waals surface area contributed by atoms with Crippen molar-refractivity contribution >= 4 is 11.8 Å². The Labute approximate surface area is 88.4 Å². The summed E-state index contributed by atoms with van der Waals surface area (Å²) >= 11 is 1.87. The van der Waals surface area contributed by atoms with E-state index in [-0.39, 0.29) is 0 Å². The number of thioether (sulfide) groups is 1. The van der Waals surface area contributed by atoms with Gasteiger partial charge < -0.3 is 0 Å². The molecule has 1 aromatic carbocycles. The second-order valence-corrected chi connectivity index (χ2v) is 4.71. The van der Waals surface area contributed by atoms with Crippen LogP contribution in [0.4, 0.5) is 0 Å². The van der Waals surface area contributed by atoms with Crippen LogP contribution in [0.5, 0.6) is 0 Å². The van der Waals surface area contributed by atoms with Crippen molar-refractivity contribution in [2.75, 3.05) is 0 Å². The van der Waals surface area contributed by atoms with E-state index >= 15 is 0 Å². The summed E-state index contributed by atoms with van der Waals surface area (Å²) in [6.45, 7) is 0. The number of rotatable bonds is 2. The maximum atomic E-state index is 8.72. The fourth-order valence-electron chi connectivity index (χ4n) is 1.56. The molecule has 1 aromatic rings. The predicted molar refractivity (Wildman–Crippen MR) is 59.0 cm³/mol. The molecule has 0 N–H and O–H groups in total. The molecule has 0 radical (unpaired) electrons. The summed E-state index contributed by atoms with van der Waals surface area (Å²) in [6.07, 6.45) is 4.01. The van der Waals surface area contributed by atoms with E-state index in [1.54, 1.807) is 0 Å². The Morgan fingerprint density at radius 2 is 2.07 bits per heavy atom. The lowest BCUT2D eigenvalue weighted by atomic mass is 10.3. The average molecular weight is 201 g/mol. The summed E-state index contributed by atoms with van der Waals surface area (Å²) in [7, 11) is 0. The molecule has 70 valence electrons. The first kappa shape index (κ1) is 9.36. The zero-order valence-corrected chi connectivity index (χ0v) is 8.63. The van der Waals surface area contributed by atoms with Gasteiger partial charge in [0.25, 0.3) is 0 Å². The van der Waals surface area contributed by atoms with Crippen molar-refractivity contribution in [3.63, 3.8) is 0 Å². The summed E-state index contributed by atoms with van der Waals surface area (Å²) in [4.78, 5) is 1.30. The number of hydrogen-bond acceptors (Lipinski definition) is 2. The van der Waals surface area contributed by atoms with Crippen LogP contribution in [0.15, 0.2) is 46.9 Å². The topological polar surface area (TPSA) is 23.8 Å². The maximum absolute atomic E-state index is 8.72. The van der Waals surface area contributed by atoms with Crippen LogP contribution in [0.1, 0.15) is 12.8 Å². The first-order valence-corrected chi connectivity index (χ1v) is 5.57. The maximum Gasteiger partial charge on any atom is 0.0944 e. The molecule has 1 nitrogen and oxygen atoms in total. The van der Waals surface area contributed by atoms with Crippen molar-refractivity contribution in [1.29, 1.82) is 5.26 Å². The molecular weight excluding hydrogens is 190 g/mol. The predicted octanol–water partition coefficient (Wildman–Crippen LogP) is 3.39. The zero-order valence-electron chi connectivity index (χ0n) is 7.81. The third kappa shape index (κ3) is 2.18. The first-order valence-electron chi connectivity index (χ1n) is 4.69. The van der Waals surface area contributed by atoms with Gasteiger partial charge in [0, 0.05) is 15.7 Å². The Morgan fingerprint density at radius 3 is 2.71 bits per heavy atom. The fraction of sp³-hybridized carbons (Fsp3) is 0.250. The smallest absolute Gasteiger partial charge is 0.0944 e. The number of nitrogens with zero attached hydrogens (tertiary/aromatic N) is 1. The molecule has 0 heterocycles. The van der Waals surface area contributed by atoms with Gasteiger partial charge in [-0.05, 0) is 25.0 Å². The molecule has 2 heteroatoms. The van der Waals surface area contributed by atoms with Gasteiger partial charge in [-0.15, -0.1) is 11.8 Å². The van der Waals surface area contributed by atoms with E-state index in [9.17, 15) is 0 Å². The number of allylic oxidation sites excluding steroid dienone is 2. The van der Waals surface area contributed by atoms with Gasteiger partial charge in [0.05, 0.1) is 6.07 Å². The Morgan fingerprint density at radius 1 is 1.29 bits per heavy atom. The quantitative estimate of drug-likeness (QED) is 0.732. The fourth-order valence-corrected chi connectivity index (χ4v) is 2.71. The Bertz CT molecular complexity index is 375. The molecule has 0 saturated heterocycles. The molecule has 0 aliphatic heterocycles. The van der Waals surface area contributed by atoms with E-state index < -0.39 is 0 Å². The van der Waals surface area contributed by atoms with Crippen molar-refractivity contribution < 1.29 is 0 Å². The summed E-state index contributed by atoms with van der Waals surface area (Å²) in [5.74, 6) is 0. The van der Waals surface area contributed by atoms with Crippen LogP contribution in [-0.2, 0) is 0 Å².